The fourth-order valence-electron chi connectivity index (χ4n) is 4.97. The van der Waals surface area contributed by atoms with Crippen LogP contribution in [-0.2, 0) is 22.5 Å². The van der Waals surface area contributed by atoms with Crippen molar-refractivity contribution in [1.82, 2.24) is 5.32 Å². The van der Waals surface area contributed by atoms with Crippen molar-refractivity contribution in [3.8, 4) is 5.75 Å². The Hall–Kier alpha value is -4.42. The van der Waals surface area contributed by atoms with Crippen molar-refractivity contribution in [2.45, 2.75) is 38.0 Å². The van der Waals surface area contributed by atoms with Crippen LogP contribution in [0, 0.1) is 6.92 Å². The molecular formula is C34H34N2O4. The summed E-state index contributed by atoms with van der Waals surface area (Å²) < 4.78 is 12.3. The van der Waals surface area contributed by atoms with E-state index in [2.05, 4.69) is 11.4 Å². The third-order valence-electron chi connectivity index (χ3n) is 6.98. The Balaban J connectivity index is 1.52. The van der Waals surface area contributed by atoms with Crippen LogP contribution in [0.4, 0.5) is 0 Å². The number of hydrogen-bond acceptors (Lipinski definition) is 5. The van der Waals surface area contributed by atoms with Crippen LogP contribution in [0.2, 0.25) is 0 Å². The number of hydrogen-bond donors (Lipinski definition) is 2. The van der Waals surface area contributed by atoms with Gasteiger partial charge in [-0.2, -0.15) is 0 Å². The van der Waals surface area contributed by atoms with Crippen LogP contribution in [0.5, 0.6) is 5.75 Å². The summed E-state index contributed by atoms with van der Waals surface area (Å²) in [5.41, 5.74) is 3.58. The number of carbonyl (C=O) groups excluding carboxylic acids is 1. The topological polar surface area (TPSA) is 80.2 Å². The van der Waals surface area contributed by atoms with Crippen LogP contribution in [0.1, 0.15) is 40.3 Å². The summed E-state index contributed by atoms with van der Waals surface area (Å²) in [6.07, 6.45) is 0.316. The fourth-order valence-corrected chi connectivity index (χ4v) is 4.97. The Labute approximate surface area is 235 Å². The summed E-state index contributed by atoms with van der Waals surface area (Å²) in [6.45, 7) is 2.95. The van der Waals surface area contributed by atoms with Gasteiger partial charge in [-0.05, 0) is 47.9 Å². The average molecular weight is 535 g/mol. The first-order chi connectivity index (χ1) is 19.6. The second-order valence-corrected chi connectivity index (χ2v) is 10.0. The molecule has 1 heterocycles. The fraction of sp³-hybridized carbons (Fsp3) is 0.235. The van der Waals surface area contributed by atoms with E-state index >= 15 is 0 Å². The van der Waals surface area contributed by atoms with E-state index < -0.39 is 11.6 Å². The predicted molar refractivity (Wildman–Crippen MR) is 156 cm³/mol. The number of benzene rings is 4. The van der Waals surface area contributed by atoms with E-state index in [1.165, 1.54) is 0 Å². The zero-order valence-corrected chi connectivity index (χ0v) is 22.6. The number of aliphatic hydroxyl groups is 1. The highest BCUT2D eigenvalue weighted by Gasteiger charge is 2.53. The van der Waals surface area contributed by atoms with E-state index in [0.29, 0.717) is 37.6 Å². The van der Waals surface area contributed by atoms with Gasteiger partial charge >= 0.3 is 0 Å². The molecule has 1 aliphatic heterocycles. The van der Waals surface area contributed by atoms with Crippen LogP contribution >= 0.6 is 0 Å². The summed E-state index contributed by atoms with van der Waals surface area (Å²) in [6, 6.07) is 35.4. The van der Waals surface area contributed by atoms with Gasteiger partial charge in [-0.1, -0.05) is 90.5 Å². The molecule has 2 N–H and O–H groups in total. The molecule has 1 aliphatic rings. The molecule has 4 aromatic rings. The SMILES string of the molecule is Cc1cccc(CNC(=O)[C@]2(Cc3ccccc3)N=C(c3ccc(OCCCO)cc3)O[C@@H]2c2ccccc2)c1. The molecule has 40 heavy (non-hydrogen) atoms. The van der Waals surface area contributed by atoms with Crippen LogP contribution in [0.15, 0.2) is 114 Å². The third kappa shape index (κ3) is 6.24. The molecule has 0 aliphatic carbocycles. The van der Waals surface area contributed by atoms with Gasteiger partial charge in [0.25, 0.3) is 5.91 Å². The Morgan fingerprint density at radius 1 is 0.925 bits per heavy atom. The predicted octanol–water partition coefficient (Wildman–Crippen LogP) is 5.57. The number of ether oxygens (including phenoxy) is 2. The van der Waals surface area contributed by atoms with E-state index in [1.807, 2.05) is 110 Å². The molecule has 0 bridgehead atoms. The van der Waals surface area contributed by atoms with Crippen LogP contribution in [-0.4, -0.2) is 35.7 Å². The molecule has 0 saturated heterocycles. The van der Waals surface area contributed by atoms with E-state index in [9.17, 15) is 4.79 Å². The minimum Gasteiger partial charge on any atom is -0.494 e. The van der Waals surface area contributed by atoms with Crippen LogP contribution in [0.25, 0.3) is 0 Å². The highest BCUT2D eigenvalue weighted by atomic mass is 16.5. The molecule has 0 radical (unpaired) electrons. The van der Waals surface area contributed by atoms with Crippen molar-refractivity contribution in [3.05, 3.63) is 137 Å². The maximum atomic E-state index is 14.3. The van der Waals surface area contributed by atoms with Crippen molar-refractivity contribution < 1.29 is 19.4 Å². The van der Waals surface area contributed by atoms with E-state index in [-0.39, 0.29) is 12.5 Å². The molecule has 4 aromatic carbocycles. The first kappa shape index (κ1) is 27.2. The minimum absolute atomic E-state index is 0.0824. The Morgan fingerprint density at radius 2 is 1.62 bits per heavy atom. The first-order valence-electron chi connectivity index (χ1n) is 13.6. The number of aliphatic hydroxyl groups excluding tert-OH is 1. The molecule has 6 nitrogen and oxygen atoms in total. The molecule has 0 saturated carbocycles. The monoisotopic (exact) mass is 534 g/mol. The lowest BCUT2D eigenvalue weighted by Crippen LogP contribution is -2.49. The molecule has 1 amide bonds. The minimum atomic E-state index is -1.22. The molecule has 0 unspecified atom stereocenters. The van der Waals surface area contributed by atoms with Crippen molar-refractivity contribution >= 4 is 11.8 Å². The number of carbonyl (C=O) groups is 1. The summed E-state index contributed by atoms with van der Waals surface area (Å²) in [5.74, 6) is 0.921. The van der Waals surface area contributed by atoms with Gasteiger partial charge in [0.15, 0.2) is 11.6 Å². The number of aryl methyl sites for hydroxylation is 1. The third-order valence-corrected chi connectivity index (χ3v) is 6.98. The van der Waals surface area contributed by atoms with Crippen molar-refractivity contribution in [1.29, 1.82) is 0 Å². The highest BCUT2D eigenvalue weighted by Crippen LogP contribution is 2.42. The molecule has 0 fully saturated rings. The zero-order valence-electron chi connectivity index (χ0n) is 22.6. The number of aliphatic imine (C=N–C) groups is 1. The van der Waals surface area contributed by atoms with Gasteiger partial charge < -0.3 is 19.9 Å². The summed E-state index contributed by atoms with van der Waals surface area (Å²) in [7, 11) is 0. The van der Waals surface area contributed by atoms with Gasteiger partial charge in [0.05, 0.1) is 6.61 Å². The lowest BCUT2D eigenvalue weighted by molar-refractivity contribution is -0.129. The van der Waals surface area contributed by atoms with E-state index in [1.54, 1.807) is 0 Å². The molecule has 204 valence electrons. The summed E-state index contributed by atoms with van der Waals surface area (Å²) >= 11 is 0. The normalized spacial score (nSPS) is 18.1. The van der Waals surface area contributed by atoms with Gasteiger partial charge in [-0.3, -0.25) is 4.79 Å². The summed E-state index contributed by atoms with van der Waals surface area (Å²) in [4.78, 5) is 19.3. The van der Waals surface area contributed by atoms with Gasteiger partial charge in [0.1, 0.15) is 5.75 Å². The maximum Gasteiger partial charge on any atom is 0.252 e. The molecule has 6 heteroatoms. The smallest absolute Gasteiger partial charge is 0.252 e. The van der Waals surface area contributed by atoms with Crippen LogP contribution in [0.3, 0.4) is 0 Å². The Morgan fingerprint density at radius 3 is 2.33 bits per heavy atom. The second kappa shape index (κ2) is 12.6. The van der Waals surface area contributed by atoms with E-state index in [4.69, 9.17) is 19.6 Å². The highest BCUT2D eigenvalue weighted by molar-refractivity contribution is 6.01. The lowest BCUT2D eigenvalue weighted by Gasteiger charge is -2.31. The average Bonchev–Trinajstić information content (AvgIpc) is 3.38. The quantitative estimate of drug-likeness (QED) is 0.247. The lowest BCUT2D eigenvalue weighted by atomic mass is 9.82. The molecule has 0 spiro atoms. The standard InChI is InChI=1S/C34H34N2O4/c1-25-10-8-13-27(22-25)24-35-33(38)34(23-26-11-4-2-5-12-26)31(28-14-6-3-7-15-28)40-32(36-34)29-16-18-30(19-17-29)39-21-9-20-37/h2-8,10-19,22,31,37H,9,20-21,23-24H2,1H3,(H,35,38)/t31-,34-/m1/s1. The Bertz CT molecular complexity index is 1440. The van der Waals surface area contributed by atoms with E-state index in [0.717, 1.165) is 27.8 Å². The molecule has 2 atom stereocenters. The Kier molecular flexibility index (Phi) is 8.57. The number of nitrogens with zero attached hydrogens (tertiary/aromatic N) is 1. The number of rotatable bonds is 11. The molecule has 0 aromatic heterocycles. The van der Waals surface area contributed by atoms with Gasteiger partial charge in [0, 0.05) is 31.6 Å². The molecule has 5 rings (SSSR count). The first-order valence-corrected chi connectivity index (χ1v) is 13.6. The second-order valence-electron chi connectivity index (χ2n) is 10.0. The van der Waals surface area contributed by atoms with Gasteiger partial charge in [-0.15, -0.1) is 0 Å². The van der Waals surface area contributed by atoms with Crippen LogP contribution < -0.4 is 10.1 Å². The van der Waals surface area contributed by atoms with Gasteiger partial charge in [0.2, 0.25) is 5.90 Å². The zero-order chi connectivity index (χ0) is 27.8. The van der Waals surface area contributed by atoms with Crippen molar-refractivity contribution in [2.24, 2.45) is 4.99 Å². The maximum absolute atomic E-state index is 14.3. The van der Waals surface area contributed by atoms with Crippen molar-refractivity contribution in [3.63, 3.8) is 0 Å². The number of amides is 1. The summed E-state index contributed by atoms with van der Waals surface area (Å²) in [5, 5.41) is 12.2. The molecular weight excluding hydrogens is 500 g/mol. The van der Waals surface area contributed by atoms with Crippen molar-refractivity contribution in [2.75, 3.05) is 13.2 Å². The largest absolute Gasteiger partial charge is 0.494 e. The number of nitrogens with one attached hydrogen (secondary N) is 1. The van der Waals surface area contributed by atoms with Gasteiger partial charge in [-0.25, -0.2) is 4.99 Å².